The van der Waals surface area contributed by atoms with Gasteiger partial charge in [0.1, 0.15) is 6.04 Å². The predicted octanol–water partition coefficient (Wildman–Crippen LogP) is -1.97. The van der Waals surface area contributed by atoms with Crippen molar-refractivity contribution in [2.45, 2.75) is 12.5 Å². The fourth-order valence-electron chi connectivity index (χ4n) is 1.18. The maximum absolute atomic E-state index is 11.3. The van der Waals surface area contributed by atoms with E-state index >= 15 is 0 Å². The Balaban J connectivity index is 2.61. The van der Waals surface area contributed by atoms with Crippen LogP contribution >= 0.6 is 0 Å². The minimum atomic E-state index is -1.09. The summed E-state index contributed by atoms with van der Waals surface area (Å²) in [4.78, 5) is 45.0. The molecule has 0 aromatic carbocycles. The van der Waals surface area contributed by atoms with E-state index in [1.165, 1.54) is 7.05 Å². The van der Waals surface area contributed by atoms with E-state index in [2.05, 4.69) is 10.1 Å². The van der Waals surface area contributed by atoms with Crippen molar-refractivity contribution >= 4 is 23.7 Å². The molecule has 0 aromatic heterocycles. The van der Waals surface area contributed by atoms with Gasteiger partial charge in [-0.2, -0.15) is 0 Å². The predicted molar refractivity (Wildman–Crippen MR) is 46.3 cm³/mol. The van der Waals surface area contributed by atoms with Gasteiger partial charge in [-0.05, 0) is 0 Å². The van der Waals surface area contributed by atoms with Crippen molar-refractivity contribution < 1.29 is 23.9 Å². The van der Waals surface area contributed by atoms with Crippen molar-refractivity contribution in [3.63, 3.8) is 0 Å². The summed E-state index contributed by atoms with van der Waals surface area (Å²) < 4.78 is 4.15. The van der Waals surface area contributed by atoms with Gasteiger partial charge < -0.3 is 10.1 Å². The van der Waals surface area contributed by atoms with Crippen LogP contribution in [-0.2, 0) is 23.9 Å². The highest BCUT2D eigenvalue weighted by molar-refractivity contribution is 6.33. The normalized spacial score (nSPS) is 20.4. The highest BCUT2D eigenvalue weighted by Gasteiger charge is 2.37. The molecule has 0 aromatic rings. The average molecular weight is 214 g/mol. The van der Waals surface area contributed by atoms with Gasteiger partial charge in [-0.25, -0.2) is 4.79 Å². The van der Waals surface area contributed by atoms with Crippen molar-refractivity contribution in [2.75, 3.05) is 14.2 Å². The van der Waals surface area contributed by atoms with Crippen LogP contribution in [0.4, 0.5) is 0 Å². The molecule has 15 heavy (non-hydrogen) atoms. The fraction of sp³-hybridized carbons (Fsp3) is 0.500. The summed E-state index contributed by atoms with van der Waals surface area (Å²) >= 11 is 0. The first-order chi connectivity index (χ1) is 6.97. The lowest BCUT2D eigenvalue weighted by molar-refractivity contribution is -0.153. The van der Waals surface area contributed by atoms with Crippen molar-refractivity contribution in [3.05, 3.63) is 0 Å². The molecule has 82 valence electrons. The second-order valence-electron chi connectivity index (χ2n) is 3.01. The van der Waals surface area contributed by atoms with Crippen molar-refractivity contribution in [1.29, 1.82) is 0 Å². The summed E-state index contributed by atoms with van der Waals surface area (Å²) in [5, 5.41) is 2.11. The summed E-state index contributed by atoms with van der Waals surface area (Å²) in [6, 6.07) is -0.964. The van der Waals surface area contributed by atoms with Gasteiger partial charge in [-0.3, -0.25) is 19.3 Å². The van der Waals surface area contributed by atoms with Gasteiger partial charge in [-0.1, -0.05) is 0 Å². The smallest absolute Gasteiger partial charge is 0.396 e. The summed E-state index contributed by atoms with van der Waals surface area (Å²) in [6.07, 6.45) is -0.127. The minimum Gasteiger partial charge on any atom is -0.462 e. The third-order valence-electron chi connectivity index (χ3n) is 2.06. The standard InChI is InChI=1S/C8H10N2O5/c1-10-5(11)3-4(7(10)13)9-6(12)8(14)15-2/h4H,3H2,1-2H3,(H,9,12). The number of carbonyl (C=O) groups excluding carboxylic acids is 4. The van der Waals surface area contributed by atoms with Gasteiger partial charge >= 0.3 is 11.9 Å². The van der Waals surface area contributed by atoms with E-state index < -0.39 is 29.7 Å². The zero-order valence-corrected chi connectivity index (χ0v) is 8.27. The third-order valence-corrected chi connectivity index (χ3v) is 2.06. The Labute approximate surface area is 85.4 Å². The molecule has 0 spiro atoms. The molecule has 1 aliphatic heterocycles. The van der Waals surface area contributed by atoms with Crippen LogP contribution in [0.3, 0.4) is 0 Å². The largest absolute Gasteiger partial charge is 0.462 e. The van der Waals surface area contributed by atoms with Gasteiger partial charge in [-0.15, -0.1) is 0 Å². The quantitative estimate of drug-likeness (QED) is 0.310. The number of ether oxygens (including phenoxy) is 1. The number of amides is 3. The van der Waals surface area contributed by atoms with E-state index in [0.717, 1.165) is 12.0 Å². The van der Waals surface area contributed by atoms with E-state index in [4.69, 9.17) is 0 Å². The molecular weight excluding hydrogens is 204 g/mol. The van der Waals surface area contributed by atoms with Crippen LogP contribution in [0.5, 0.6) is 0 Å². The van der Waals surface area contributed by atoms with Crippen molar-refractivity contribution in [1.82, 2.24) is 10.2 Å². The van der Waals surface area contributed by atoms with E-state index in [1.807, 2.05) is 0 Å². The number of carbonyl (C=O) groups is 4. The lowest BCUT2D eigenvalue weighted by Gasteiger charge is -2.09. The summed E-state index contributed by atoms with van der Waals surface area (Å²) in [7, 11) is 2.37. The zero-order chi connectivity index (χ0) is 11.6. The van der Waals surface area contributed by atoms with Crippen LogP contribution in [-0.4, -0.2) is 48.8 Å². The van der Waals surface area contributed by atoms with Gasteiger partial charge in [0.25, 0.3) is 5.91 Å². The van der Waals surface area contributed by atoms with Gasteiger partial charge in [0.2, 0.25) is 5.91 Å². The monoisotopic (exact) mass is 214 g/mol. The Morgan fingerprint density at radius 1 is 1.47 bits per heavy atom. The van der Waals surface area contributed by atoms with Crippen molar-refractivity contribution in [3.8, 4) is 0 Å². The molecule has 0 radical (unpaired) electrons. The molecule has 1 N–H and O–H groups in total. The zero-order valence-electron chi connectivity index (χ0n) is 8.27. The van der Waals surface area contributed by atoms with Crippen LogP contribution < -0.4 is 5.32 Å². The molecule has 0 aliphatic carbocycles. The second-order valence-corrected chi connectivity index (χ2v) is 3.01. The molecule has 1 aliphatic rings. The Kier molecular flexibility index (Phi) is 3.03. The van der Waals surface area contributed by atoms with Gasteiger partial charge in [0.15, 0.2) is 0 Å². The molecule has 1 heterocycles. The van der Waals surface area contributed by atoms with E-state index in [9.17, 15) is 19.2 Å². The third kappa shape index (κ3) is 2.12. The number of imide groups is 1. The lowest BCUT2D eigenvalue weighted by atomic mass is 10.2. The number of hydrogen-bond acceptors (Lipinski definition) is 5. The maximum Gasteiger partial charge on any atom is 0.396 e. The average Bonchev–Trinajstić information content (AvgIpc) is 2.45. The second kappa shape index (κ2) is 4.07. The minimum absolute atomic E-state index is 0.127. The Morgan fingerprint density at radius 3 is 2.47 bits per heavy atom. The molecule has 0 saturated carbocycles. The first-order valence-electron chi connectivity index (χ1n) is 4.16. The molecule has 1 rings (SSSR count). The first-order valence-corrected chi connectivity index (χ1v) is 4.16. The molecular formula is C8H10N2O5. The molecule has 1 atom stereocenters. The van der Waals surface area contributed by atoms with E-state index in [-0.39, 0.29) is 6.42 Å². The number of nitrogens with zero attached hydrogens (tertiary/aromatic N) is 1. The van der Waals surface area contributed by atoms with E-state index in [1.54, 1.807) is 0 Å². The summed E-state index contributed by atoms with van der Waals surface area (Å²) in [5.74, 6) is -3.05. The summed E-state index contributed by atoms with van der Waals surface area (Å²) in [6.45, 7) is 0. The van der Waals surface area contributed by atoms with Crippen molar-refractivity contribution in [2.24, 2.45) is 0 Å². The van der Waals surface area contributed by atoms with Gasteiger partial charge in [0, 0.05) is 7.05 Å². The number of hydrogen-bond donors (Lipinski definition) is 1. The molecule has 7 nitrogen and oxygen atoms in total. The molecule has 1 fully saturated rings. The fourth-order valence-corrected chi connectivity index (χ4v) is 1.18. The maximum atomic E-state index is 11.3. The van der Waals surface area contributed by atoms with Crippen LogP contribution in [0, 0.1) is 0 Å². The first kappa shape index (κ1) is 11.2. The Hall–Kier alpha value is -1.92. The molecule has 1 saturated heterocycles. The molecule has 0 bridgehead atoms. The van der Waals surface area contributed by atoms with Crippen LogP contribution in [0.15, 0.2) is 0 Å². The number of esters is 1. The van der Waals surface area contributed by atoms with Gasteiger partial charge in [0.05, 0.1) is 13.5 Å². The van der Waals surface area contributed by atoms with Crippen LogP contribution in [0.2, 0.25) is 0 Å². The Bertz CT molecular complexity index is 338. The number of likely N-dealkylation sites (N-methyl/N-ethyl adjacent to an activating group) is 1. The number of likely N-dealkylation sites (tertiary alicyclic amines) is 1. The number of nitrogens with one attached hydrogen (secondary N) is 1. The summed E-state index contributed by atoms with van der Waals surface area (Å²) in [5.41, 5.74) is 0. The molecule has 1 unspecified atom stereocenters. The van der Waals surface area contributed by atoms with E-state index in [0.29, 0.717) is 0 Å². The van der Waals surface area contributed by atoms with Crippen LogP contribution in [0.25, 0.3) is 0 Å². The molecule has 3 amide bonds. The SMILES string of the molecule is COC(=O)C(=O)NC1CC(=O)N(C)C1=O. The lowest BCUT2D eigenvalue weighted by Crippen LogP contribution is -2.43. The highest BCUT2D eigenvalue weighted by Crippen LogP contribution is 2.10. The molecule has 7 heteroatoms. The number of methoxy groups -OCH3 is 1. The number of rotatable bonds is 1. The highest BCUT2D eigenvalue weighted by atomic mass is 16.5. The van der Waals surface area contributed by atoms with Crippen LogP contribution in [0.1, 0.15) is 6.42 Å². The topological polar surface area (TPSA) is 92.8 Å². The Morgan fingerprint density at radius 2 is 2.07 bits per heavy atom.